The van der Waals surface area contributed by atoms with Crippen molar-refractivity contribution in [1.29, 1.82) is 0 Å². The first kappa shape index (κ1) is 35.3. The Bertz CT molecular complexity index is 3360. The summed E-state index contributed by atoms with van der Waals surface area (Å²) >= 11 is 1.87. The molecule has 0 aliphatic heterocycles. The Balaban J connectivity index is 0.996. The summed E-state index contributed by atoms with van der Waals surface area (Å²) < 4.78 is 2.63. The molecule has 0 bridgehead atoms. The van der Waals surface area contributed by atoms with Crippen LogP contribution in [0.1, 0.15) is 22.4 Å². The van der Waals surface area contributed by atoms with Gasteiger partial charge in [-0.15, -0.1) is 11.3 Å². The van der Waals surface area contributed by atoms with Crippen LogP contribution >= 0.6 is 11.3 Å². The maximum Gasteiger partial charge on any atom is 0.0885 e. The number of anilines is 3. The molecule has 1 aliphatic carbocycles. The Morgan fingerprint density at radius 2 is 0.934 bits per heavy atom. The lowest BCUT2D eigenvalue weighted by molar-refractivity contribution is 0.734. The van der Waals surface area contributed by atoms with E-state index in [2.05, 4.69) is 205 Å². The van der Waals surface area contributed by atoms with Gasteiger partial charge in [0, 0.05) is 60.6 Å². The van der Waals surface area contributed by atoms with Gasteiger partial charge in [-0.2, -0.15) is 0 Å². The van der Waals surface area contributed by atoms with Crippen LogP contribution in [0.2, 0.25) is 0 Å². The fourth-order valence-electron chi connectivity index (χ4n) is 9.75. The van der Waals surface area contributed by atoms with Crippen LogP contribution in [0.5, 0.6) is 0 Å². The van der Waals surface area contributed by atoms with Crippen molar-refractivity contribution in [2.75, 3.05) is 4.90 Å². The molecule has 0 N–H and O–H groups in total. The monoisotopic (exact) mass is 795 g/mol. The average molecular weight is 796 g/mol. The third-order valence-electron chi connectivity index (χ3n) is 12.5. The van der Waals surface area contributed by atoms with Gasteiger partial charge in [0.1, 0.15) is 0 Å². The first-order valence-corrected chi connectivity index (χ1v) is 21.5. The second kappa shape index (κ2) is 14.3. The molecule has 3 aromatic heterocycles. The molecule has 0 spiro atoms. The molecule has 0 saturated carbocycles. The Kier molecular flexibility index (Phi) is 8.25. The van der Waals surface area contributed by atoms with Crippen LogP contribution in [0.15, 0.2) is 225 Å². The number of fused-ring (bicyclic) bond motifs is 7. The molecule has 11 aromatic rings. The number of hydrogen-bond acceptors (Lipinski definition) is 4. The Morgan fingerprint density at radius 1 is 0.393 bits per heavy atom. The quantitative estimate of drug-likeness (QED) is 0.161. The number of benzene rings is 8. The van der Waals surface area contributed by atoms with Gasteiger partial charge in [-0.1, -0.05) is 152 Å². The molecule has 0 saturated heterocycles. The van der Waals surface area contributed by atoms with E-state index in [1.165, 1.54) is 59.1 Å². The highest BCUT2D eigenvalue weighted by atomic mass is 32.1. The van der Waals surface area contributed by atoms with E-state index in [-0.39, 0.29) is 0 Å². The highest BCUT2D eigenvalue weighted by molar-refractivity contribution is 7.26. The van der Waals surface area contributed by atoms with Crippen molar-refractivity contribution < 1.29 is 0 Å². The van der Waals surface area contributed by atoms with Crippen LogP contribution in [0.4, 0.5) is 17.1 Å². The largest absolute Gasteiger partial charge is 0.311 e. The lowest BCUT2D eigenvalue weighted by Gasteiger charge is -2.33. The van der Waals surface area contributed by atoms with Crippen molar-refractivity contribution in [2.24, 2.45) is 0 Å². The zero-order valence-corrected chi connectivity index (χ0v) is 33.9. The molecular formula is C57H37N3S. The molecule has 0 atom stereocenters. The summed E-state index contributed by atoms with van der Waals surface area (Å²) in [5.41, 5.74) is 15.6. The van der Waals surface area contributed by atoms with Crippen molar-refractivity contribution >= 4 is 59.5 Å². The molecule has 1 aliphatic rings. The third-order valence-corrected chi connectivity index (χ3v) is 13.7. The Labute approximate surface area is 358 Å². The van der Waals surface area contributed by atoms with Gasteiger partial charge in [-0.25, -0.2) is 0 Å². The minimum absolute atomic E-state index is 0.568. The lowest BCUT2D eigenvalue weighted by Crippen LogP contribution is -2.29. The van der Waals surface area contributed by atoms with Gasteiger partial charge >= 0.3 is 0 Å². The number of pyridine rings is 2. The number of thiophene rings is 1. The normalized spacial score (nSPS) is 12.7. The van der Waals surface area contributed by atoms with Gasteiger partial charge in [0.2, 0.25) is 0 Å². The molecule has 0 amide bonds. The first-order valence-electron chi connectivity index (χ1n) is 20.7. The summed E-state index contributed by atoms with van der Waals surface area (Å²) in [5.74, 6) is 0. The zero-order chi connectivity index (χ0) is 40.3. The molecule has 0 radical (unpaired) electrons. The number of nitrogens with zero attached hydrogens (tertiary/aromatic N) is 3. The fraction of sp³-hybridized carbons (Fsp3) is 0.0175. The van der Waals surface area contributed by atoms with Crippen LogP contribution in [0.3, 0.4) is 0 Å². The van der Waals surface area contributed by atoms with E-state index in [0.29, 0.717) is 0 Å². The molecule has 0 fully saturated rings. The second-order valence-corrected chi connectivity index (χ2v) is 16.7. The molecule has 3 nitrogen and oxygen atoms in total. The van der Waals surface area contributed by atoms with E-state index in [1.54, 1.807) is 0 Å². The predicted octanol–water partition coefficient (Wildman–Crippen LogP) is 15.2. The SMILES string of the molecule is c1ccc(C2(c3ccc(N(c4ccc(-c5cccc6cccnc56)cc4)c4ccc(-c5cccc6c5sc5ccccc56)cc4)cc3)c3ccccc3-c3ccccc32)nc1. The van der Waals surface area contributed by atoms with E-state index < -0.39 is 5.41 Å². The van der Waals surface area contributed by atoms with Gasteiger partial charge < -0.3 is 4.90 Å². The van der Waals surface area contributed by atoms with E-state index in [4.69, 9.17) is 9.97 Å². The smallest absolute Gasteiger partial charge is 0.0885 e. The Morgan fingerprint density at radius 3 is 1.64 bits per heavy atom. The molecule has 4 heteroatoms. The fourth-order valence-corrected chi connectivity index (χ4v) is 11.0. The number of para-hydroxylation sites is 1. The lowest BCUT2D eigenvalue weighted by atomic mass is 9.70. The van der Waals surface area contributed by atoms with Crippen molar-refractivity contribution in [3.63, 3.8) is 0 Å². The van der Waals surface area contributed by atoms with Gasteiger partial charge in [0.25, 0.3) is 0 Å². The van der Waals surface area contributed by atoms with Crippen molar-refractivity contribution in [2.45, 2.75) is 5.41 Å². The van der Waals surface area contributed by atoms with E-state index in [1.807, 2.05) is 35.9 Å². The zero-order valence-electron chi connectivity index (χ0n) is 33.1. The number of aromatic nitrogens is 2. The van der Waals surface area contributed by atoms with Crippen LogP contribution in [-0.4, -0.2) is 9.97 Å². The number of hydrogen-bond donors (Lipinski definition) is 0. The molecule has 0 unspecified atom stereocenters. The third kappa shape index (κ3) is 5.57. The van der Waals surface area contributed by atoms with Crippen molar-refractivity contribution in [3.8, 4) is 33.4 Å². The van der Waals surface area contributed by atoms with Gasteiger partial charge in [-0.3, -0.25) is 9.97 Å². The molecule has 61 heavy (non-hydrogen) atoms. The van der Waals surface area contributed by atoms with Gasteiger partial charge in [-0.05, 0) is 105 Å². The standard InChI is InChI=1S/C57H37N3S/c1-4-20-51-47(14-1)48-15-2-5-21-52(48)57(51,54-23-7-8-36-58-54)41-28-34-44(35-29-41)60(42-30-24-38(25-31-42)45-17-9-12-40-13-11-37-59-55(40)45)43-32-26-39(27-33-43)46-18-10-19-50-49-16-3-6-22-53(49)61-56(46)50/h1-37H. The average Bonchev–Trinajstić information content (AvgIpc) is 3.87. The van der Waals surface area contributed by atoms with Crippen LogP contribution in [0.25, 0.3) is 64.5 Å². The number of rotatable bonds is 7. The molecule has 12 rings (SSSR count). The summed E-state index contributed by atoms with van der Waals surface area (Å²) in [7, 11) is 0. The Hall–Kier alpha value is -7.66. The van der Waals surface area contributed by atoms with Crippen molar-refractivity contribution in [1.82, 2.24) is 9.97 Å². The highest BCUT2D eigenvalue weighted by Crippen LogP contribution is 2.56. The second-order valence-electron chi connectivity index (χ2n) is 15.7. The first-order chi connectivity index (χ1) is 30.3. The molecule has 3 heterocycles. The minimum Gasteiger partial charge on any atom is -0.311 e. The summed E-state index contributed by atoms with van der Waals surface area (Å²) in [6.45, 7) is 0. The molecular weight excluding hydrogens is 759 g/mol. The summed E-state index contributed by atoms with van der Waals surface area (Å²) in [4.78, 5) is 12.2. The van der Waals surface area contributed by atoms with E-state index in [9.17, 15) is 0 Å². The molecule has 8 aromatic carbocycles. The van der Waals surface area contributed by atoms with Crippen LogP contribution in [-0.2, 0) is 5.41 Å². The minimum atomic E-state index is -0.568. The summed E-state index contributed by atoms with van der Waals surface area (Å²) in [6.07, 6.45) is 3.79. The predicted molar refractivity (Wildman–Crippen MR) is 255 cm³/mol. The topological polar surface area (TPSA) is 29.0 Å². The van der Waals surface area contributed by atoms with E-state index >= 15 is 0 Å². The summed E-state index contributed by atoms with van der Waals surface area (Å²) in [5, 5.41) is 3.75. The van der Waals surface area contributed by atoms with Gasteiger partial charge in [0.15, 0.2) is 0 Å². The van der Waals surface area contributed by atoms with Gasteiger partial charge in [0.05, 0.1) is 16.6 Å². The van der Waals surface area contributed by atoms with Crippen LogP contribution < -0.4 is 4.90 Å². The summed E-state index contributed by atoms with van der Waals surface area (Å²) in [6, 6.07) is 77.0. The molecule has 286 valence electrons. The maximum absolute atomic E-state index is 5.06. The highest BCUT2D eigenvalue weighted by Gasteiger charge is 2.47. The van der Waals surface area contributed by atoms with Crippen molar-refractivity contribution in [3.05, 3.63) is 247 Å². The van der Waals surface area contributed by atoms with E-state index in [0.717, 1.165) is 44.8 Å². The van der Waals surface area contributed by atoms with Crippen LogP contribution in [0, 0.1) is 0 Å². The maximum atomic E-state index is 5.06.